The maximum atomic E-state index is 4.80. The minimum Gasteiger partial charge on any atom is -0.364 e. The second-order valence-electron chi connectivity index (χ2n) is 7.61. The fraction of sp³-hybridized carbons (Fsp3) is 0.0833. The van der Waals surface area contributed by atoms with Crippen LogP contribution < -0.4 is 10.6 Å². The first kappa shape index (κ1) is 19.4. The molecule has 0 radical (unpaired) electrons. The van der Waals surface area contributed by atoms with Gasteiger partial charge in [0.15, 0.2) is 17.0 Å². The summed E-state index contributed by atoms with van der Waals surface area (Å²) in [6, 6.07) is 20.3. The maximum absolute atomic E-state index is 4.80. The van der Waals surface area contributed by atoms with Crippen molar-refractivity contribution < 1.29 is 0 Å². The van der Waals surface area contributed by atoms with Crippen LogP contribution in [0.2, 0.25) is 0 Å². The lowest BCUT2D eigenvalue weighted by Gasteiger charge is -2.10. The van der Waals surface area contributed by atoms with Gasteiger partial charge >= 0.3 is 0 Å². The van der Waals surface area contributed by atoms with Gasteiger partial charge in [-0.2, -0.15) is 21.3 Å². The van der Waals surface area contributed by atoms with Gasteiger partial charge in [0.1, 0.15) is 6.33 Å². The van der Waals surface area contributed by atoms with Crippen molar-refractivity contribution in [2.75, 3.05) is 10.6 Å². The number of hydrogen-bond acceptors (Lipinski definition) is 7. The Labute approximate surface area is 193 Å². The van der Waals surface area contributed by atoms with Crippen LogP contribution in [0.25, 0.3) is 27.9 Å². The summed E-state index contributed by atoms with van der Waals surface area (Å²) in [6.07, 6.45) is 1.79. The van der Waals surface area contributed by atoms with Gasteiger partial charge in [-0.25, -0.2) is 9.97 Å². The summed E-state index contributed by atoms with van der Waals surface area (Å²) in [6.45, 7) is 0.629. The fourth-order valence-electron chi connectivity index (χ4n) is 3.80. The van der Waals surface area contributed by atoms with E-state index in [-0.39, 0.29) is 0 Å². The molecule has 8 nitrogen and oxygen atoms in total. The van der Waals surface area contributed by atoms with Gasteiger partial charge in [-0.05, 0) is 29.1 Å². The van der Waals surface area contributed by atoms with E-state index in [0.29, 0.717) is 29.8 Å². The quantitative estimate of drug-likeness (QED) is 0.365. The van der Waals surface area contributed by atoms with Crippen LogP contribution in [-0.4, -0.2) is 29.1 Å². The average Bonchev–Trinajstić information content (AvgIpc) is 3.58. The van der Waals surface area contributed by atoms with E-state index in [1.807, 2.05) is 70.1 Å². The third-order valence-electron chi connectivity index (χ3n) is 5.49. The summed E-state index contributed by atoms with van der Waals surface area (Å²) in [4.78, 5) is 18.9. The van der Waals surface area contributed by atoms with Crippen molar-refractivity contribution in [2.24, 2.45) is 7.05 Å². The molecule has 6 aromatic rings. The predicted molar refractivity (Wildman–Crippen MR) is 132 cm³/mol. The van der Waals surface area contributed by atoms with Crippen molar-refractivity contribution >= 4 is 51.2 Å². The molecule has 33 heavy (non-hydrogen) atoms. The fourth-order valence-corrected chi connectivity index (χ4v) is 4.43. The van der Waals surface area contributed by atoms with Gasteiger partial charge in [0.25, 0.3) is 0 Å². The summed E-state index contributed by atoms with van der Waals surface area (Å²) < 4.78 is 3.97. The highest BCUT2D eigenvalue weighted by molar-refractivity contribution is 7.08. The summed E-state index contributed by atoms with van der Waals surface area (Å²) in [7, 11) is 1.97. The second-order valence-corrected chi connectivity index (χ2v) is 8.39. The number of aromatic nitrogens is 6. The van der Waals surface area contributed by atoms with Gasteiger partial charge in [0.2, 0.25) is 11.9 Å². The van der Waals surface area contributed by atoms with E-state index in [9.17, 15) is 0 Å². The lowest BCUT2D eigenvalue weighted by atomic mass is 10.2. The third kappa shape index (κ3) is 3.58. The van der Waals surface area contributed by atoms with Gasteiger partial charge < -0.3 is 9.88 Å². The average molecular weight is 453 g/mol. The van der Waals surface area contributed by atoms with E-state index < -0.39 is 0 Å². The summed E-state index contributed by atoms with van der Waals surface area (Å²) in [5, 5.41) is 10.8. The summed E-state index contributed by atoms with van der Waals surface area (Å²) >= 11 is 1.63. The highest BCUT2D eigenvalue weighted by Gasteiger charge is 2.16. The normalized spacial score (nSPS) is 11.3. The van der Waals surface area contributed by atoms with Crippen LogP contribution in [0.3, 0.4) is 0 Å². The van der Waals surface area contributed by atoms with Gasteiger partial charge in [0, 0.05) is 19.0 Å². The molecule has 0 bridgehead atoms. The zero-order valence-corrected chi connectivity index (χ0v) is 18.6. The van der Waals surface area contributed by atoms with Gasteiger partial charge in [-0.1, -0.05) is 42.5 Å². The lowest BCUT2D eigenvalue weighted by molar-refractivity contribution is 0.949. The number of benzene rings is 2. The van der Waals surface area contributed by atoms with E-state index in [1.54, 1.807) is 17.7 Å². The number of imidazole rings is 2. The van der Waals surface area contributed by atoms with Crippen LogP contribution in [0.4, 0.5) is 17.7 Å². The van der Waals surface area contributed by atoms with Gasteiger partial charge in [-0.3, -0.25) is 9.88 Å². The van der Waals surface area contributed by atoms with Gasteiger partial charge in [0.05, 0.1) is 16.7 Å². The molecule has 4 heterocycles. The van der Waals surface area contributed by atoms with Crippen LogP contribution in [-0.2, 0) is 13.6 Å². The SMILES string of the molecule is Cn1c(Nc2nc(NCc3ccccc3)c3ncn(-c4ccsc4)c3n2)nc2ccccc21. The lowest BCUT2D eigenvalue weighted by Crippen LogP contribution is -2.08. The van der Waals surface area contributed by atoms with Crippen molar-refractivity contribution in [3.8, 4) is 5.69 Å². The summed E-state index contributed by atoms with van der Waals surface area (Å²) in [5.41, 5.74) is 5.56. The Bertz CT molecular complexity index is 1550. The number of hydrogen-bond donors (Lipinski definition) is 2. The molecule has 9 heteroatoms. The molecule has 0 aliphatic heterocycles. The molecular weight excluding hydrogens is 432 g/mol. The largest absolute Gasteiger partial charge is 0.364 e. The van der Waals surface area contributed by atoms with Crippen LogP contribution >= 0.6 is 11.3 Å². The molecule has 0 fully saturated rings. The topological polar surface area (TPSA) is 85.5 Å². The van der Waals surface area contributed by atoms with Crippen LogP contribution in [0.1, 0.15) is 5.56 Å². The van der Waals surface area contributed by atoms with Crippen molar-refractivity contribution in [3.05, 3.63) is 83.3 Å². The molecule has 0 unspecified atom stereocenters. The third-order valence-corrected chi connectivity index (χ3v) is 6.16. The highest BCUT2D eigenvalue weighted by atomic mass is 32.1. The number of nitrogens with zero attached hydrogens (tertiary/aromatic N) is 6. The standard InChI is InChI=1S/C24H20N8S/c1-31-19-10-6-5-9-18(19)27-24(31)30-23-28-21(25-13-16-7-3-2-4-8-16)20-22(29-23)32(15-26-20)17-11-12-33-14-17/h2-12,14-15H,13H2,1H3,(H2,25,27,28,29,30). The molecule has 0 amide bonds. The number of nitrogens with one attached hydrogen (secondary N) is 2. The minimum absolute atomic E-state index is 0.452. The Balaban J connectivity index is 1.43. The number of fused-ring (bicyclic) bond motifs is 2. The van der Waals surface area contributed by atoms with Crippen molar-refractivity contribution in [3.63, 3.8) is 0 Å². The molecule has 162 valence electrons. The molecule has 4 aromatic heterocycles. The number of anilines is 3. The summed E-state index contributed by atoms with van der Waals surface area (Å²) in [5.74, 6) is 1.79. The molecule has 0 aliphatic carbocycles. The molecule has 2 aromatic carbocycles. The highest BCUT2D eigenvalue weighted by Crippen LogP contribution is 2.27. The monoisotopic (exact) mass is 452 g/mol. The van der Waals surface area contributed by atoms with Crippen LogP contribution in [0.5, 0.6) is 0 Å². The molecule has 0 atom stereocenters. The van der Waals surface area contributed by atoms with Crippen LogP contribution in [0, 0.1) is 0 Å². The maximum Gasteiger partial charge on any atom is 0.233 e. The zero-order chi connectivity index (χ0) is 22.2. The molecule has 0 saturated carbocycles. The predicted octanol–water partition coefficient (Wildman–Crippen LogP) is 5.12. The number of thiophene rings is 1. The van der Waals surface area contributed by atoms with E-state index >= 15 is 0 Å². The molecular formula is C24H20N8S. The Morgan fingerprint density at radius 3 is 2.61 bits per heavy atom. The number of aryl methyl sites for hydroxylation is 1. The van der Waals surface area contributed by atoms with E-state index in [4.69, 9.17) is 15.0 Å². The number of rotatable bonds is 6. The Kier molecular flexibility index (Phi) is 4.73. The minimum atomic E-state index is 0.452. The number of para-hydroxylation sites is 2. The Hall–Kier alpha value is -4.24. The molecule has 0 aliphatic rings. The first-order chi connectivity index (χ1) is 16.3. The first-order valence-electron chi connectivity index (χ1n) is 10.5. The van der Waals surface area contributed by atoms with Gasteiger partial charge in [-0.15, -0.1) is 0 Å². The molecule has 0 saturated heterocycles. The van der Waals surface area contributed by atoms with Crippen molar-refractivity contribution in [1.82, 2.24) is 29.1 Å². The van der Waals surface area contributed by atoms with Crippen molar-refractivity contribution in [2.45, 2.75) is 6.54 Å². The van der Waals surface area contributed by atoms with E-state index in [1.165, 1.54) is 0 Å². The van der Waals surface area contributed by atoms with E-state index in [2.05, 4.69) is 33.1 Å². The molecule has 2 N–H and O–H groups in total. The van der Waals surface area contributed by atoms with E-state index in [0.717, 1.165) is 27.9 Å². The molecule has 0 spiro atoms. The smallest absolute Gasteiger partial charge is 0.233 e. The van der Waals surface area contributed by atoms with Crippen molar-refractivity contribution in [1.29, 1.82) is 0 Å². The molecule has 6 rings (SSSR count). The van der Waals surface area contributed by atoms with Crippen LogP contribution in [0.15, 0.2) is 77.8 Å². The zero-order valence-electron chi connectivity index (χ0n) is 17.8. The Morgan fingerprint density at radius 1 is 0.939 bits per heavy atom. The second kappa shape index (κ2) is 8.03. The Morgan fingerprint density at radius 2 is 1.79 bits per heavy atom. The first-order valence-corrected chi connectivity index (χ1v) is 11.4.